The monoisotopic (exact) mass is 816 g/mol. The van der Waals surface area contributed by atoms with Gasteiger partial charge in [0.1, 0.15) is 23.3 Å². The van der Waals surface area contributed by atoms with Gasteiger partial charge in [-0.2, -0.15) is 0 Å². The summed E-state index contributed by atoms with van der Waals surface area (Å²) in [6.45, 7) is 7.73. The molecular weight excluding hydrogens is 777 g/mol. The molecule has 10 aromatic rings. The standard InChI is InChI=1S/C56H40F4N2/c1-33-13-11-14-34(2)53(33)43-29-51(47(59)31-45(43)57)61(39-17-7-5-8-18-39)49-27-23-37-22-26-42-50(28-24-38-21-25-41(49)55(37)56(38)42)62(40-19-9-6-10-20-40)52-30-44(46(58)32-48(52)60)54-35(3)15-12-16-36(54)4/h5-32H,1-4H3. The van der Waals surface area contributed by atoms with Gasteiger partial charge in [0.2, 0.25) is 0 Å². The predicted octanol–water partition coefficient (Wildman–Crippen LogP) is 16.6. The number of hydrogen-bond donors (Lipinski definition) is 0. The summed E-state index contributed by atoms with van der Waals surface area (Å²) in [6.07, 6.45) is 0. The van der Waals surface area contributed by atoms with Crippen LogP contribution in [-0.4, -0.2) is 0 Å². The molecule has 0 fully saturated rings. The Balaban J connectivity index is 1.23. The summed E-state index contributed by atoms with van der Waals surface area (Å²) in [5, 5.41) is 5.47. The molecule has 0 radical (unpaired) electrons. The first kappa shape index (κ1) is 38.7. The summed E-state index contributed by atoms with van der Waals surface area (Å²) in [7, 11) is 0. The highest BCUT2D eigenvalue weighted by Gasteiger charge is 2.27. The molecule has 0 saturated carbocycles. The smallest absolute Gasteiger partial charge is 0.150 e. The van der Waals surface area contributed by atoms with E-state index in [2.05, 4.69) is 0 Å². The number of anilines is 6. The molecule has 302 valence electrons. The topological polar surface area (TPSA) is 6.48 Å². The number of nitrogens with zero attached hydrogens (tertiary/aromatic N) is 2. The van der Waals surface area contributed by atoms with Gasteiger partial charge < -0.3 is 9.80 Å². The Morgan fingerprint density at radius 1 is 0.323 bits per heavy atom. The van der Waals surface area contributed by atoms with Crippen LogP contribution in [-0.2, 0) is 0 Å². The van der Waals surface area contributed by atoms with E-state index >= 15 is 17.6 Å². The Hall–Kier alpha value is -7.44. The van der Waals surface area contributed by atoms with Crippen molar-refractivity contribution in [1.82, 2.24) is 0 Å². The highest BCUT2D eigenvalue weighted by molar-refractivity contribution is 6.28. The van der Waals surface area contributed by atoms with Gasteiger partial charge in [0, 0.05) is 45.4 Å². The van der Waals surface area contributed by atoms with Crippen molar-refractivity contribution in [2.45, 2.75) is 27.7 Å². The van der Waals surface area contributed by atoms with E-state index in [-0.39, 0.29) is 11.4 Å². The van der Waals surface area contributed by atoms with Crippen molar-refractivity contribution in [3.05, 3.63) is 215 Å². The Morgan fingerprint density at radius 2 is 0.677 bits per heavy atom. The van der Waals surface area contributed by atoms with Gasteiger partial charge in [0.15, 0.2) is 0 Å². The maximum atomic E-state index is 16.5. The van der Waals surface area contributed by atoms with Gasteiger partial charge in [-0.15, -0.1) is 0 Å². The predicted molar refractivity (Wildman–Crippen MR) is 249 cm³/mol. The lowest BCUT2D eigenvalue weighted by Crippen LogP contribution is -2.14. The van der Waals surface area contributed by atoms with Gasteiger partial charge in [-0.1, -0.05) is 109 Å². The maximum absolute atomic E-state index is 16.5. The van der Waals surface area contributed by atoms with Gasteiger partial charge in [0.25, 0.3) is 0 Å². The van der Waals surface area contributed by atoms with E-state index in [0.717, 1.165) is 77.8 Å². The molecule has 10 aromatic carbocycles. The zero-order valence-corrected chi connectivity index (χ0v) is 34.6. The van der Waals surface area contributed by atoms with Crippen LogP contribution >= 0.6 is 0 Å². The third kappa shape index (κ3) is 6.33. The third-order valence-electron chi connectivity index (χ3n) is 12.2. The quantitative estimate of drug-likeness (QED) is 0.111. The van der Waals surface area contributed by atoms with E-state index in [1.807, 2.05) is 183 Å². The summed E-state index contributed by atoms with van der Waals surface area (Å²) < 4.78 is 64.9. The normalized spacial score (nSPS) is 11.5. The SMILES string of the molecule is Cc1cccc(C)c1-c1cc(N(c2ccccc2)c2ccc3ccc4c(N(c5ccccc5)c5cc(-c6c(C)cccc6C)c(F)cc5F)ccc5ccc2c3c54)c(F)cc1F. The van der Waals surface area contributed by atoms with Crippen molar-refractivity contribution in [3.63, 3.8) is 0 Å². The van der Waals surface area contributed by atoms with E-state index in [9.17, 15) is 0 Å². The zero-order chi connectivity index (χ0) is 42.8. The molecule has 0 aromatic heterocycles. The van der Waals surface area contributed by atoms with Crippen LogP contribution in [0, 0.1) is 51.0 Å². The lowest BCUT2D eigenvalue weighted by Gasteiger charge is -2.30. The number of aryl methyl sites for hydroxylation is 4. The molecular formula is C56H40F4N2. The van der Waals surface area contributed by atoms with Crippen LogP contribution in [0.1, 0.15) is 22.3 Å². The van der Waals surface area contributed by atoms with Crippen LogP contribution in [0.15, 0.2) is 170 Å². The molecule has 0 aliphatic rings. The fraction of sp³-hybridized carbons (Fsp3) is 0.0714. The lowest BCUT2D eigenvalue weighted by molar-refractivity contribution is 0.585. The molecule has 10 rings (SSSR count). The largest absolute Gasteiger partial charge is 0.307 e. The van der Waals surface area contributed by atoms with Crippen molar-refractivity contribution in [2.24, 2.45) is 0 Å². The highest BCUT2D eigenvalue weighted by Crippen LogP contribution is 2.49. The van der Waals surface area contributed by atoms with Crippen LogP contribution in [0.4, 0.5) is 51.7 Å². The second-order valence-electron chi connectivity index (χ2n) is 16.0. The first-order valence-electron chi connectivity index (χ1n) is 20.6. The Labute approximate surface area is 357 Å². The molecule has 0 bridgehead atoms. The zero-order valence-electron chi connectivity index (χ0n) is 34.6. The van der Waals surface area contributed by atoms with Crippen LogP contribution in [0.2, 0.25) is 0 Å². The minimum Gasteiger partial charge on any atom is -0.307 e. The Kier molecular flexibility index (Phi) is 9.52. The van der Waals surface area contributed by atoms with Crippen molar-refractivity contribution in [3.8, 4) is 22.3 Å². The molecule has 0 spiro atoms. The number of hydrogen-bond acceptors (Lipinski definition) is 2. The second-order valence-corrected chi connectivity index (χ2v) is 16.0. The molecule has 2 nitrogen and oxygen atoms in total. The van der Waals surface area contributed by atoms with E-state index in [0.29, 0.717) is 33.9 Å². The molecule has 6 heteroatoms. The average molecular weight is 817 g/mol. The number of rotatable bonds is 8. The van der Waals surface area contributed by atoms with E-state index in [1.165, 1.54) is 0 Å². The first-order chi connectivity index (χ1) is 30.1. The Morgan fingerprint density at radius 3 is 1.05 bits per heavy atom. The Bertz CT molecular complexity index is 3080. The van der Waals surface area contributed by atoms with E-state index in [4.69, 9.17) is 0 Å². The van der Waals surface area contributed by atoms with Crippen LogP contribution in [0.25, 0.3) is 54.6 Å². The molecule has 0 saturated heterocycles. The van der Waals surface area contributed by atoms with Crippen LogP contribution in [0.3, 0.4) is 0 Å². The first-order valence-corrected chi connectivity index (χ1v) is 20.6. The molecule has 0 N–H and O–H groups in total. The molecule has 0 amide bonds. The van der Waals surface area contributed by atoms with Gasteiger partial charge in [0.05, 0.1) is 22.7 Å². The second kappa shape index (κ2) is 15.2. The average Bonchev–Trinajstić information content (AvgIpc) is 3.27. The minimum atomic E-state index is -0.700. The van der Waals surface area contributed by atoms with Crippen molar-refractivity contribution >= 4 is 66.4 Å². The minimum absolute atomic E-state index is 0.202. The molecule has 0 heterocycles. The van der Waals surface area contributed by atoms with Gasteiger partial charge in [-0.05, 0) is 131 Å². The van der Waals surface area contributed by atoms with Crippen LogP contribution in [0.5, 0.6) is 0 Å². The molecule has 62 heavy (non-hydrogen) atoms. The number of para-hydroxylation sites is 2. The van der Waals surface area contributed by atoms with E-state index < -0.39 is 23.3 Å². The summed E-state index contributed by atoms with van der Waals surface area (Å²) in [6, 6.07) is 52.1. The maximum Gasteiger partial charge on any atom is 0.150 e. The van der Waals surface area contributed by atoms with Crippen LogP contribution < -0.4 is 9.80 Å². The number of halogens is 4. The summed E-state index contributed by atoms with van der Waals surface area (Å²) >= 11 is 0. The van der Waals surface area contributed by atoms with Crippen molar-refractivity contribution in [1.29, 1.82) is 0 Å². The fourth-order valence-electron chi connectivity index (χ4n) is 9.41. The van der Waals surface area contributed by atoms with Crippen molar-refractivity contribution < 1.29 is 17.6 Å². The fourth-order valence-corrected chi connectivity index (χ4v) is 9.41. The summed E-state index contributed by atoms with van der Waals surface area (Å²) in [5.41, 5.74) is 8.82. The van der Waals surface area contributed by atoms with Gasteiger partial charge in [-0.3, -0.25) is 0 Å². The summed E-state index contributed by atoms with van der Waals surface area (Å²) in [4.78, 5) is 3.72. The summed E-state index contributed by atoms with van der Waals surface area (Å²) in [5.74, 6) is -2.67. The van der Waals surface area contributed by atoms with Crippen molar-refractivity contribution in [2.75, 3.05) is 9.80 Å². The number of benzene rings is 10. The third-order valence-corrected chi connectivity index (χ3v) is 12.2. The van der Waals surface area contributed by atoms with Gasteiger partial charge >= 0.3 is 0 Å². The molecule has 0 aliphatic carbocycles. The van der Waals surface area contributed by atoms with Gasteiger partial charge in [-0.25, -0.2) is 17.6 Å². The molecule has 0 unspecified atom stereocenters. The molecule has 0 aliphatic heterocycles. The van der Waals surface area contributed by atoms with E-state index in [1.54, 1.807) is 12.1 Å². The highest BCUT2D eigenvalue weighted by atomic mass is 19.1. The lowest BCUT2D eigenvalue weighted by atomic mass is 9.91. The molecule has 0 atom stereocenters.